The van der Waals surface area contributed by atoms with Crippen molar-refractivity contribution in [1.82, 2.24) is 14.4 Å². The third kappa shape index (κ3) is 3.11. The smallest absolute Gasteiger partial charge is 0.301 e. The van der Waals surface area contributed by atoms with Gasteiger partial charge in [0.2, 0.25) is 0 Å². The van der Waals surface area contributed by atoms with Crippen molar-refractivity contribution in [2.24, 2.45) is 0 Å². The lowest BCUT2D eigenvalue weighted by molar-refractivity contribution is 0.0733. The summed E-state index contributed by atoms with van der Waals surface area (Å²) in [6.45, 7) is 1.51. The monoisotopic (exact) mass is 356 g/mol. The van der Waals surface area contributed by atoms with E-state index in [9.17, 15) is 8.42 Å². The molecule has 2 aromatic rings. The molecule has 1 saturated heterocycles. The summed E-state index contributed by atoms with van der Waals surface area (Å²) in [5.41, 5.74) is 0.465. The normalized spacial score (nSPS) is 19.8. The molecular weight excluding hydrogens is 340 g/mol. The van der Waals surface area contributed by atoms with Crippen molar-refractivity contribution in [1.29, 1.82) is 0 Å². The van der Waals surface area contributed by atoms with E-state index in [1.54, 1.807) is 11.4 Å². The second-order valence-electron chi connectivity index (χ2n) is 5.51. The van der Waals surface area contributed by atoms with Crippen molar-refractivity contribution in [2.75, 3.05) is 31.0 Å². The van der Waals surface area contributed by atoms with E-state index in [1.807, 2.05) is 0 Å². The fourth-order valence-corrected chi connectivity index (χ4v) is 4.42. The van der Waals surface area contributed by atoms with Gasteiger partial charge < -0.3 is 9.26 Å². The zero-order chi connectivity index (χ0) is 15.9. The van der Waals surface area contributed by atoms with Crippen LogP contribution >= 0.6 is 11.3 Å². The van der Waals surface area contributed by atoms with Crippen molar-refractivity contribution in [3.05, 3.63) is 17.3 Å². The molecule has 1 saturated carbocycles. The second kappa shape index (κ2) is 5.86. The van der Waals surface area contributed by atoms with E-state index in [-0.39, 0.29) is 0 Å². The number of rotatable bonds is 5. The summed E-state index contributed by atoms with van der Waals surface area (Å²) in [5.74, 6) is 1.46. The third-order valence-corrected chi connectivity index (χ3v) is 6.22. The standard InChI is InChI=1S/C13H16N4O4S2/c18-23(19,17-4-6-20-7-5-17)16-10-3-8-22-11(10)13-14-12(15-21-13)9-1-2-9/h3,8-9,16H,1-2,4-7H2. The summed E-state index contributed by atoms with van der Waals surface area (Å²) in [4.78, 5) is 5.02. The number of thiophene rings is 1. The van der Waals surface area contributed by atoms with Crippen LogP contribution in [-0.4, -0.2) is 49.2 Å². The fourth-order valence-electron chi connectivity index (χ4n) is 2.38. The zero-order valence-corrected chi connectivity index (χ0v) is 13.9. The van der Waals surface area contributed by atoms with Gasteiger partial charge in [0.1, 0.15) is 4.88 Å². The summed E-state index contributed by atoms with van der Waals surface area (Å²) < 4.78 is 39.4. The molecule has 0 atom stereocenters. The Hall–Kier alpha value is -1.49. The number of nitrogens with one attached hydrogen (secondary N) is 1. The van der Waals surface area contributed by atoms with Gasteiger partial charge in [-0.25, -0.2) is 0 Å². The highest BCUT2D eigenvalue weighted by atomic mass is 32.2. The molecule has 0 spiro atoms. The average Bonchev–Trinajstić information content (AvgIpc) is 3.11. The van der Waals surface area contributed by atoms with Crippen LogP contribution in [0.5, 0.6) is 0 Å². The Morgan fingerprint density at radius 1 is 1.30 bits per heavy atom. The summed E-state index contributed by atoms with van der Waals surface area (Å²) in [5, 5.41) is 5.78. The number of morpholine rings is 1. The predicted octanol–water partition coefficient (Wildman–Crippen LogP) is 1.66. The average molecular weight is 356 g/mol. The molecule has 1 N–H and O–H groups in total. The molecule has 23 heavy (non-hydrogen) atoms. The Balaban J connectivity index is 1.56. The van der Waals surface area contributed by atoms with Crippen LogP contribution in [0.3, 0.4) is 0 Å². The summed E-state index contributed by atoms with van der Waals surface area (Å²) >= 11 is 1.37. The SMILES string of the molecule is O=S(=O)(Nc1ccsc1-c1nc(C2CC2)no1)N1CCOCC1. The molecule has 4 rings (SSSR count). The van der Waals surface area contributed by atoms with Gasteiger partial charge in [0.25, 0.3) is 5.89 Å². The van der Waals surface area contributed by atoms with Crippen LogP contribution in [0, 0.1) is 0 Å². The molecule has 10 heteroatoms. The van der Waals surface area contributed by atoms with Gasteiger partial charge in [0, 0.05) is 19.0 Å². The maximum absolute atomic E-state index is 12.5. The van der Waals surface area contributed by atoms with Crippen LogP contribution in [0.25, 0.3) is 10.8 Å². The van der Waals surface area contributed by atoms with Crippen LogP contribution in [0.2, 0.25) is 0 Å². The van der Waals surface area contributed by atoms with Crippen LogP contribution in [-0.2, 0) is 14.9 Å². The van der Waals surface area contributed by atoms with Crippen LogP contribution < -0.4 is 4.72 Å². The summed E-state index contributed by atoms with van der Waals surface area (Å²) in [6.07, 6.45) is 2.17. The van der Waals surface area contributed by atoms with Gasteiger partial charge in [0.05, 0.1) is 18.9 Å². The lowest BCUT2D eigenvalue weighted by Crippen LogP contribution is -2.43. The van der Waals surface area contributed by atoms with E-state index in [0.717, 1.165) is 12.8 Å². The molecule has 0 radical (unpaired) electrons. The van der Waals surface area contributed by atoms with E-state index in [2.05, 4.69) is 14.9 Å². The zero-order valence-electron chi connectivity index (χ0n) is 12.3. The molecule has 3 heterocycles. The molecule has 0 aromatic carbocycles. The number of nitrogens with zero attached hydrogens (tertiary/aromatic N) is 3. The highest BCUT2D eigenvalue weighted by Crippen LogP contribution is 2.40. The molecule has 2 fully saturated rings. The molecule has 1 aliphatic heterocycles. The molecule has 8 nitrogen and oxygen atoms in total. The maximum atomic E-state index is 12.5. The van der Waals surface area contributed by atoms with E-state index in [1.165, 1.54) is 15.6 Å². The van der Waals surface area contributed by atoms with Crippen LogP contribution in [0.4, 0.5) is 5.69 Å². The Bertz CT molecular complexity index is 791. The van der Waals surface area contributed by atoms with Crippen molar-refractivity contribution in [2.45, 2.75) is 18.8 Å². The Labute approximate surface area is 137 Å². The molecule has 2 aromatic heterocycles. The summed E-state index contributed by atoms with van der Waals surface area (Å²) in [6, 6.07) is 1.71. The first-order chi connectivity index (χ1) is 11.1. The lowest BCUT2D eigenvalue weighted by Gasteiger charge is -2.26. The molecule has 0 bridgehead atoms. The van der Waals surface area contributed by atoms with Gasteiger partial charge in [-0.2, -0.15) is 17.7 Å². The topological polar surface area (TPSA) is 97.6 Å². The molecule has 1 aliphatic carbocycles. The molecule has 0 amide bonds. The second-order valence-corrected chi connectivity index (χ2v) is 8.10. The third-order valence-electron chi connectivity index (χ3n) is 3.79. The lowest BCUT2D eigenvalue weighted by atomic mass is 10.4. The van der Waals surface area contributed by atoms with Gasteiger partial charge >= 0.3 is 10.2 Å². The van der Waals surface area contributed by atoms with Gasteiger partial charge in [-0.05, 0) is 24.3 Å². The molecular formula is C13H16N4O4S2. The molecule has 2 aliphatic rings. The van der Waals surface area contributed by atoms with E-state index in [4.69, 9.17) is 9.26 Å². The first-order valence-electron chi connectivity index (χ1n) is 7.40. The molecule has 124 valence electrons. The number of hydrogen-bond donors (Lipinski definition) is 1. The van der Waals surface area contributed by atoms with Crippen molar-refractivity contribution in [3.8, 4) is 10.8 Å². The van der Waals surface area contributed by atoms with Gasteiger partial charge in [-0.1, -0.05) is 5.16 Å². The van der Waals surface area contributed by atoms with Crippen molar-refractivity contribution >= 4 is 27.2 Å². The van der Waals surface area contributed by atoms with E-state index >= 15 is 0 Å². The van der Waals surface area contributed by atoms with E-state index in [0.29, 0.717) is 54.5 Å². The highest BCUT2D eigenvalue weighted by molar-refractivity contribution is 7.90. The number of hydrogen-bond acceptors (Lipinski definition) is 7. The van der Waals surface area contributed by atoms with Gasteiger partial charge in [-0.3, -0.25) is 4.72 Å². The van der Waals surface area contributed by atoms with Crippen LogP contribution in [0.15, 0.2) is 16.0 Å². The number of anilines is 1. The predicted molar refractivity (Wildman–Crippen MR) is 84.5 cm³/mol. The van der Waals surface area contributed by atoms with Crippen LogP contribution in [0.1, 0.15) is 24.6 Å². The Morgan fingerprint density at radius 2 is 2.09 bits per heavy atom. The quantitative estimate of drug-likeness (QED) is 0.875. The van der Waals surface area contributed by atoms with Crippen molar-refractivity contribution in [3.63, 3.8) is 0 Å². The largest absolute Gasteiger partial charge is 0.379 e. The minimum Gasteiger partial charge on any atom is -0.379 e. The van der Waals surface area contributed by atoms with E-state index < -0.39 is 10.2 Å². The van der Waals surface area contributed by atoms with Crippen molar-refractivity contribution < 1.29 is 17.7 Å². The van der Waals surface area contributed by atoms with Gasteiger partial charge in [-0.15, -0.1) is 11.3 Å². The summed E-state index contributed by atoms with van der Waals surface area (Å²) in [7, 11) is -3.61. The Morgan fingerprint density at radius 3 is 2.83 bits per heavy atom. The number of ether oxygens (including phenoxy) is 1. The van der Waals surface area contributed by atoms with Gasteiger partial charge in [0.15, 0.2) is 5.82 Å². The highest BCUT2D eigenvalue weighted by Gasteiger charge is 2.30. The minimum atomic E-state index is -3.61. The first-order valence-corrected chi connectivity index (χ1v) is 9.72. The fraction of sp³-hybridized carbons (Fsp3) is 0.538. The Kier molecular flexibility index (Phi) is 3.84. The maximum Gasteiger partial charge on any atom is 0.301 e. The number of aromatic nitrogens is 2. The minimum absolute atomic E-state index is 0.348. The first kappa shape index (κ1) is 15.1. The molecule has 0 unspecified atom stereocenters.